The topological polar surface area (TPSA) is 87.7 Å². The third-order valence-electron chi connectivity index (χ3n) is 3.11. The molecule has 6 heteroatoms. The second-order valence-corrected chi connectivity index (χ2v) is 4.56. The highest BCUT2D eigenvalue weighted by Crippen LogP contribution is 2.28. The molecular weight excluding hydrogens is 224 g/mol. The molecule has 1 aliphatic rings. The van der Waals surface area contributed by atoms with Crippen molar-refractivity contribution >= 4 is 11.9 Å². The molecule has 6 nitrogen and oxygen atoms in total. The number of carbonyl (C=O) groups excluding carboxylic acids is 1. The maximum atomic E-state index is 11.6. The van der Waals surface area contributed by atoms with Gasteiger partial charge in [0, 0.05) is 6.42 Å². The quantitative estimate of drug-likeness (QED) is 0.553. The molecule has 1 amide bonds. The summed E-state index contributed by atoms with van der Waals surface area (Å²) in [5, 5.41) is 14.8. The van der Waals surface area contributed by atoms with Gasteiger partial charge in [-0.05, 0) is 26.9 Å². The van der Waals surface area contributed by atoms with Crippen LogP contribution >= 0.6 is 0 Å². The SMILES string of the molecule is CNCCCC(=O)NC1COCC1(C)C(=O)O. The Bertz CT molecular complexity index is 295. The van der Waals surface area contributed by atoms with Gasteiger partial charge in [0.25, 0.3) is 0 Å². The molecule has 0 bridgehead atoms. The molecule has 0 radical (unpaired) electrons. The summed E-state index contributed by atoms with van der Waals surface area (Å²) in [6.07, 6.45) is 1.13. The number of aliphatic carboxylic acids is 1. The van der Waals surface area contributed by atoms with Gasteiger partial charge in [0.2, 0.25) is 5.91 Å². The number of rotatable bonds is 6. The Morgan fingerprint density at radius 2 is 2.24 bits per heavy atom. The zero-order valence-corrected chi connectivity index (χ0v) is 10.3. The summed E-state index contributed by atoms with van der Waals surface area (Å²) in [6.45, 7) is 2.77. The maximum absolute atomic E-state index is 11.6. The minimum atomic E-state index is -1.02. The minimum absolute atomic E-state index is 0.122. The number of carboxylic acids is 1. The number of carbonyl (C=O) groups is 2. The van der Waals surface area contributed by atoms with Crippen LogP contribution in [0.5, 0.6) is 0 Å². The van der Waals surface area contributed by atoms with Crippen LogP contribution in [0.3, 0.4) is 0 Å². The van der Waals surface area contributed by atoms with Gasteiger partial charge in [-0.3, -0.25) is 9.59 Å². The zero-order valence-electron chi connectivity index (χ0n) is 10.3. The van der Waals surface area contributed by atoms with E-state index in [0.29, 0.717) is 6.42 Å². The minimum Gasteiger partial charge on any atom is -0.481 e. The Kier molecular flexibility index (Phi) is 4.89. The van der Waals surface area contributed by atoms with Gasteiger partial charge >= 0.3 is 5.97 Å². The van der Waals surface area contributed by atoms with Gasteiger partial charge in [-0.2, -0.15) is 0 Å². The molecular formula is C11H20N2O4. The van der Waals surface area contributed by atoms with Gasteiger partial charge in [0.05, 0.1) is 19.3 Å². The second kappa shape index (κ2) is 5.97. The molecule has 1 fully saturated rings. The summed E-state index contributed by atoms with van der Waals surface area (Å²) in [6, 6.07) is -0.443. The highest BCUT2D eigenvalue weighted by Gasteiger charge is 2.47. The van der Waals surface area contributed by atoms with Crippen LogP contribution in [0, 0.1) is 5.41 Å². The van der Waals surface area contributed by atoms with E-state index in [1.54, 1.807) is 6.92 Å². The standard InChI is InChI=1S/C11H20N2O4/c1-11(10(15)16)7-17-6-8(11)13-9(14)4-3-5-12-2/h8,12H,3-7H2,1-2H3,(H,13,14)(H,15,16). The van der Waals surface area contributed by atoms with E-state index in [2.05, 4.69) is 10.6 Å². The summed E-state index contributed by atoms with van der Waals surface area (Å²) in [4.78, 5) is 22.7. The van der Waals surface area contributed by atoms with E-state index in [1.807, 2.05) is 7.05 Å². The summed E-state index contributed by atoms with van der Waals surface area (Å²) in [5.74, 6) is -1.06. The Morgan fingerprint density at radius 1 is 1.53 bits per heavy atom. The van der Waals surface area contributed by atoms with Crippen LogP contribution in [-0.4, -0.2) is 49.8 Å². The van der Waals surface area contributed by atoms with Crippen molar-refractivity contribution in [2.45, 2.75) is 25.8 Å². The van der Waals surface area contributed by atoms with E-state index in [1.165, 1.54) is 0 Å². The molecule has 0 aromatic rings. The predicted octanol–water partition coefficient (Wildman–Crippen LogP) is -0.408. The van der Waals surface area contributed by atoms with Gasteiger partial charge in [0.1, 0.15) is 5.41 Å². The lowest BCUT2D eigenvalue weighted by molar-refractivity contribution is -0.149. The lowest BCUT2D eigenvalue weighted by Gasteiger charge is -2.25. The van der Waals surface area contributed by atoms with Crippen LogP contribution in [0.4, 0.5) is 0 Å². The van der Waals surface area contributed by atoms with E-state index in [-0.39, 0.29) is 19.1 Å². The second-order valence-electron chi connectivity index (χ2n) is 4.56. The lowest BCUT2D eigenvalue weighted by Crippen LogP contribution is -2.49. The number of hydrogen-bond acceptors (Lipinski definition) is 4. The molecule has 2 atom stereocenters. The van der Waals surface area contributed by atoms with E-state index < -0.39 is 17.4 Å². The van der Waals surface area contributed by atoms with Crippen LogP contribution in [0.2, 0.25) is 0 Å². The smallest absolute Gasteiger partial charge is 0.313 e. The Balaban J connectivity index is 2.45. The van der Waals surface area contributed by atoms with Crippen molar-refractivity contribution in [3.8, 4) is 0 Å². The molecule has 0 aromatic carbocycles. The van der Waals surface area contributed by atoms with Crippen LogP contribution in [0.1, 0.15) is 19.8 Å². The van der Waals surface area contributed by atoms with Gasteiger partial charge in [0.15, 0.2) is 0 Å². The van der Waals surface area contributed by atoms with Gasteiger partial charge in [-0.15, -0.1) is 0 Å². The summed E-state index contributed by atoms with van der Waals surface area (Å²) >= 11 is 0. The number of carboxylic acid groups (broad SMARTS) is 1. The van der Waals surface area contributed by atoms with E-state index in [9.17, 15) is 9.59 Å². The average molecular weight is 244 g/mol. The van der Waals surface area contributed by atoms with Crippen molar-refractivity contribution in [3.63, 3.8) is 0 Å². The summed E-state index contributed by atoms with van der Waals surface area (Å²) in [7, 11) is 1.82. The molecule has 0 aliphatic carbocycles. The number of ether oxygens (including phenoxy) is 1. The Hall–Kier alpha value is -1.14. The third kappa shape index (κ3) is 3.41. The molecule has 0 aromatic heterocycles. The third-order valence-corrected chi connectivity index (χ3v) is 3.11. The molecule has 98 valence electrons. The molecule has 17 heavy (non-hydrogen) atoms. The Labute approximate surface area is 101 Å². The first-order valence-electron chi connectivity index (χ1n) is 5.76. The van der Waals surface area contributed by atoms with E-state index in [0.717, 1.165) is 13.0 Å². The fraction of sp³-hybridized carbons (Fsp3) is 0.818. The Morgan fingerprint density at radius 3 is 2.82 bits per heavy atom. The molecule has 0 saturated carbocycles. The largest absolute Gasteiger partial charge is 0.481 e. The van der Waals surface area contributed by atoms with Crippen LogP contribution < -0.4 is 10.6 Å². The monoisotopic (exact) mass is 244 g/mol. The fourth-order valence-electron chi connectivity index (χ4n) is 1.78. The first-order valence-corrected chi connectivity index (χ1v) is 5.76. The van der Waals surface area contributed by atoms with Crippen LogP contribution in [0.15, 0.2) is 0 Å². The van der Waals surface area contributed by atoms with Gasteiger partial charge < -0.3 is 20.5 Å². The van der Waals surface area contributed by atoms with Crippen molar-refractivity contribution in [3.05, 3.63) is 0 Å². The maximum Gasteiger partial charge on any atom is 0.313 e. The molecule has 3 N–H and O–H groups in total. The van der Waals surface area contributed by atoms with Gasteiger partial charge in [-0.25, -0.2) is 0 Å². The molecule has 0 spiro atoms. The zero-order chi connectivity index (χ0) is 12.9. The van der Waals surface area contributed by atoms with Crippen molar-refractivity contribution in [1.82, 2.24) is 10.6 Å². The normalized spacial score (nSPS) is 28.0. The number of nitrogens with one attached hydrogen (secondary N) is 2. The fourth-order valence-corrected chi connectivity index (χ4v) is 1.78. The highest BCUT2D eigenvalue weighted by atomic mass is 16.5. The molecule has 1 heterocycles. The highest BCUT2D eigenvalue weighted by molar-refractivity contribution is 5.80. The van der Waals surface area contributed by atoms with Crippen molar-refractivity contribution in [2.24, 2.45) is 5.41 Å². The van der Waals surface area contributed by atoms with Crippen molar-refractivity contribution < 1.29 is 19.4 Å². The van der Waals surface area contributed by atoms with Crippen LogP contribution in [-0.2, 0) is 14.3 Å². The predicted molar refractivity (Wildman–Crippen MR) is 61.7 cm³/mol. The van der Waals surface area contributed by atoms with Gasteiger partial charge in [-0.1, -0.05) is 0 Å². The van der Waals surface area contributed by atoms with Crippen molar-refractivity contribution in [2.75, 3.05) is 26.8 Å². The van der Waals surface area contributed by atoms with E-state index in [4.69, 9.17) is 9.84 Å². The molecule has 2 unspecified atom stereocenters. The molecule has 1 saturated heterocycles. The molecule has 1 rings (SSSR count). The first-order chi connectivity index (χ1) is 8.00. The average Bonchev–Trinajstić information content (AvgIpc) is 2.62. The summed E-state index contributed by atoms with van der Waals surface area (Å²) in [5.41, 5.74) is -1.02. The van der Waals surface area contributed by atoms with Crippen LogP contribution in [0.25, 0.3) is 0 Å². The lowest BCUT2D eigenvalue weighted by atomic mass is 9.85. The number of amides is 1. The van der Waals surface area contributed by atoms with E-state index >= 15 is 0 Å². The number of hydrogen-bond donors (Lipinski definition) is 3. The first kappa shape index (κ1) is 13.9. The summed E-state index contributed by atoms with van der Waals surface area (Å²) < 4.78 is 5.15. The molecule has 1 aliphatic heterocycles. The van der Waals surface area contributed by atoms with Crippen molar-refractivity contribution in [1.29, 1.82) is 0 Å².